The fraction of sp³-hybridized carbons (Fsp3) is 0.625. The molecule has 0 spiro atoms. The minimum absolute atomic E-state index is 0.348. The molecular weight excluding hydrogens is 208 g/mol. The fourth-order valence-corrected chi connectivity index (χ4v) is 2.08. The van der Waals surface area contributed by atoms with Gasteiger partial charge in [0.25, 0.3) is 0 Å². The van der Waals surface area contributed by atoms with E-state index in [2.05, 4.69) is 10.3 Å². The second kappa shape index (κ2) is 4.26. The standard InChI is InChI=1S/C8H11ClN2OS/c9-8-11-7(5-13-8)10-4-6-2-1-3-12-6/h5-6,10H,1-4H2. The van der Waals surface area contributed by atoms with Crippen LogP contribution < -0.4 is 5.32 Å². The largest absolute Gasteiger partial charge is 0.376 e. The van der Waals surface area contributed by atoms with Crippen LogP contribution in [-0.4, -0.2) is 24.2 Å². The Morgan fingerprint density at radius 2 is 2.69 bits per heavy atom. The first-order valence-corrected chi connectivity index (χ1v) is 5.57. The molecule has 0 radical (unpaired) electrons. The molecule has 1 aromatic heterocycles. The number of thiazole rings is 1. The van der Waals surface area contributed by atoms with Gasteiger partial charge < -0.3 is 10.1 Å². The van der Waals surface area contributed by atoms with Crippen molar-refractivity contribution in [2.45, 2.75) is 18.9 Å². The Bertz CT molecular complexity index is 273. The molecule has 2 rings (SSSR count). The van der Waals surface area contributed by atoms with Gasteiger partial charge in [0, 0.05) is 18.5 Å². The SMILES string of the molecule is Clc1nc(NCC2CCCO2)cs1. The van der Waals surface area contributed by atoms with Gasteiger partial charge in [0.15, 0.2) is 4.47 Å². The van der Waals surface area contributed by atoms with Crippen LogP contribution in [-0.2, 0) is 4.74 Å². The second-order valence-corrected chi connectivity index (χ2v) is 4.44. The predicted molar refractivity (Wildman–Crippen MR) is 54.6 cm³/mol. The van der Waals surface area contributed by atoms with Crippen molar-refractivity contribution in [3.63, 3.8) is 0 Å². The molecule has 1 aliphatic rings. The highest BCUT2D eigenvalue weighted by Gasteiger charge is 2.15. The average Bonchev–Trinajstić information content (AvgIpc) is 2.71. The number of nitrogens with zero attached hydrogens (tertiary/aromatic N) is 1. The Hall–Kier alpha value is -0.320. The number of aromatic nitrogens is 1. The van der Waals surface area contributed by atoms with E-state index in [0.29, 0.717) is 10.6 Å². The first-order chi connectivity index (χ1) is 6.34. The van der Waals surface area contributed by atoms with Gasteiger partial charge in [0.1, 0.15) is 5.82 Å². The number of ether oxygens (including phenoxy) is 1. The van der Waals surface area contributed by atoms with Crippen molar-refractivity contribution in [3.05, 3.63) is 9.85 Å². The van der Waals surface area contributed by atoms with Gasteiger partial charge in [-0.3, -0.25) is 0 Å². The van der Waals surface area contributed by atoms with Gasteiger partial charge in [-0.05, 0) is 12.8 Å². The smallest absolute Gasteiger partial charge is 0.185 e. The zero-order valence-electron chi connectivity index (χ0n) is 7.12. The number of hydrogen-bond donors (Lipinski definition) is 1. The zero-order chi connectivity index (χ0) is 9.10. The third-order valence-electron chi connectivity index (χ3n) is 2.01. The molecule has 0 bridgehead atoms. The van der Waals surface area contributed by atoms with Gasteiger partial charge in [-0.15, -0.1) is 11.3 Å². The zero-order valence-corrected chi connectivity index (χ0v) is 8.70. The van der Waals surface area contributed by atoms with Crippen molar-refractivity contribution in [2.24, 2.45) is 0 Å². The molecule has 2 heterocycles. The summed E-state index contributed by atoms with van der Waals surface area (Å²) >= 11 is 7.13. The molecule has 1 unspecified atom stereocenters. The number of nitrogens with one attached hydrogen (secondary N) is 1. The Kier molecular flexibility index (Phi) is 3.03. The maximum atomic E-state index is 5.69. The van der Waals surface area contributed by atoms with Crippen LogP contribution in [0.5, 0.6) is 0 Å². The van der Waals surface area contributed by atoms with E-state index in [4.69, 9.17) is 16.3 Å². The minimum Gasteiger partial charge on any atom is -0.376 e. The van der Waals surface area contributed by atoms with E-state index in [-0.39, 0.29) is 0 Å². The van der Waals surface area contributed by atoms with Crippen LogP contribution in [0.15, 0.2) is 5.38 Å². The monoisotopic (exact) mass is 218 g/mol. The molecule has 1 fully saturated rings. The van der Waals surface area contributed by atoms with E-state index >= 15 is 0 Å². The maximum absolute atomic E-state index is 5.69. The van der Waals surface area contributed by atoms with Crippen molar-refractivity contribution in [2.75, 3.05) is 18.5 Å². The van der Waals surface area contributed by atoms with Crippen molar-refractivity contribution in [3.8, 4) is 0 Å². The third kappa shape index (κ3) is 2.56. The predicted octanol–water partition coefficient (Wildman–Crippen LogP) is 2.39. The van der Waals surface area contributed by atoms with Gasteiger partial charge in [-0.2, -0.15) is 0 Å². The number of hydrogen-bond acceptors (Lipinski definition) is 4. The van der Waals surface area contributed by atoms with Crippen LogP contribution in [0.2, 0.25) is 4.47 Å². The van der Waals surface area contributed by atoms with Crippen LogP contribution >= 0.6 is 22.9 Å². The molecule has 72 valence electrons. The molecule has 0 saturated carbocycles. The van der Waals surface area contributed by atoms with Crippen molar-refractivity contribution in [1.82, 2.24) is 4.98 Å². The molecule has 1 aromatic rings. The Labute approximate surface area is 86.1 Å². The summed E-state index contributed by atoms with van der Waals surface area (Å²) in [5.41, 5.74) is 0. The quantitative estimate of drug-likeness (QED) is 0.846. The summed E-state index contributed by atoms with van der Waals surface area (Å²) in [6.07, 6.45) is 2.66. The van der Waals surface area contributed by atoms with E-state index in [1.807, 2.05) is 5.38 Å². The second-order valence-electron chi connectivity index (χ2n) is 3.00. The third-order valence-corrected chi connectivity index (χ3v) is 2.99. The normalized spacial score (nSPS) is 22.1. The number of halogens is 1. The lowest BCUT2D eigenvalue weighted by atomic mass is 10.2. The lowest BCUT2D eigenvalue weighted by Crippen LogP contribution is -2.18. The van der Waals surface area contributed by atoms with Crippen molar-refractivity contribution >= 4 is 28.8 Å². The summed E-state index contributed by atoms with van der Waals surface area (Å²) in [6, 6.07) is 0. The molecule has 1 saturated heterocycles. The molecule has 1 atom stereocenters. The summed E-state index contributed by atoms with van der Waals surface area (Å²) < 4.78 is 6.04. The van der Waals surface area contributed by atoms with E-state index in [0.717, 1.165) is 25.4 Å². The summed E-state index contributed by atoms with van der Waals surface area (Å²) in [7, 11) is 0. The van der Waals surface area contributed by atoms with Crippen LogP contribution in [0, 0.1) is 0 Å². The average molecular weight is 219 g/mol. The minimum atomic E-state index is 0.348. The highest BCUT2D eigenvalue weighted by molar-refractivity contribution is 7.14. The van der Waals surface area contributed by atoms with Crippen LogP contribution in [0.1, 0.15) is 12.8 Å². The van der Waals surface area contributed by atoms with Gasteiger partial charge in [0.05, 0.1) is 6.10 Å². The molecule has 1 aliphatic heterocycles. The maximum Gasteiger partial charge on any atom is 0.185 e. The van der Waals surface area contributed by atoms with Gasteiger partial charge >= 0.3 is 0 Å². The van der Waals surface area contributed by atoms with Gasteiger partial charge in [0.2, 0.25) is 0 Å². The topological polar surface area (TPSA) is 34.2 Å². The number of rotatable bonds is 3. The van der Waals surface area contributed by atoms with E-state index < -0.39 is 0 Å². The highest BCUT2D eigenvalue weighted by Crippen LogP contribution is 2.19. The fourth-order valence-electron chi connectivity index (χ4n) is 1.36. The molecular formula is C8H11ClN2OS. The number of anilines is 1. The van der Waals surface area contributed by atoms with Crippen molar-refractivity contribution in [1.29, 1.82) is 0 Å². The Balaban J connectivity index is 1.78. The van der Waals surface area contributed by atoms with Gasteiger partial charge in [-0.25, -0.2) is 4.98 Å². The first kappa shape index (κ1) is 9.24. The van der Waals surface area contributed by atoms with Crippen LogP contribution in [0.25, 0.3) is 0 Å². The Morgan fingerprint density at radius 1 is 1.77 bits per heavy atom. The van der Waals surface area contributed by atoms with E-state index in [1.165, 1.54) is 17.8 Å². The first-order valence-electron chi connectivity index (χ1n) is 4.31. The molecule has 0 amide bonds. The highest BCUT2D eigenvalue weighted by atomic mass is 35.5. The summed E-state index contributed by atoms with van der Waals surface area (Å²) in [5.74, 6) is 0.852. The lowest BCUT2D eigenvalue weighted by Gasteiger charge is -2.09. The van der Waals surface area contributed by atoms with Gasteiger partial charge in [-0.1, -0.05) is 11.6 Å². The lowest BCUT2D eigenvalue weighted by molar-refractivity contribution is 0.120. The van der Waals surface area contributed by atoms with Crippen molar-refractivity contribution < 1.29 is 4.74 Å². The van der Waals surface area contributed by atoms with E-state index in [1.54, 1.807) is 0 Å². The Morgan fingerprint density at radius 3 is 3.31 bits per heavy atom. The summed E-state index contributed by atoms with van der Waals surface area (Å²) in [6.45, 7) is 1.73. The molecule has 5 heteroatoms. The summed E-state index contributed by atoms with van der Waals surface area (Å²) in [5, 5.41) is 5.11. The molecule has 1 N–H and O–H groups in total. The molecule has 0 aromatic carbocycles. The molecule has 13 heavy (non-hydrogen) atoms. The summed E-state index contributed by atoms with van der Waals surface area (Å²) in [4.78, 5) is 4.09. The van der Waals surface area contributed by atoms with E-state index in [9.17, 15) is 0 Å². The molecule has 0 aliphatic carbocycles. The molecule has 3 nitrogen and oxygen atoms in total. The van der Waals surface area contributed by atoms with Crippen LogP contribution in [0.3, 0.4) is 0 Å². The van der Waals surface area contributed by atoms with Crippen LogP contribution in [0.4, 0.5) is 5.82 Å².